The van der Waals surface area contributed by atoms with Crippen LogP contribution in [0.25, 0.3) is 0 Å². The highest BCUT2D eigenvalue weighted by Crippen LogP contribution is 2.21. The normalized spacial score (nSPS) is 10.8. The Bertz CT molecular complexity index is 498. The van der Waals surface area contributed by atoms with Gasteiger partial charge in [0.1, 0.15) is 12.7 Å². The van der Waals surface area contributed by atoms with Crippen LogP contribution in [0.3, 0.4) is 0 Å². The van der Waals surface area contributed by atoms with Crippen molar-refractivity contribution in [2.75, 3.05) is 0 Å². The van der Waals surface area contributed by atoms with E-state index in [0.29, 0.717) is 0 Å². The third-order valence-corrected chi connectivity index (χ3v) is 3.39. The van der Waals surface area contributed by atoms with E-state index in [2.05, 4.69) is 43.8 Å². The molecule has 0 aliphatic carbocycles. The lowest BCUT2D eigenvalue weighted by molar-refractivity contribution is 0.681. The van der Waals surface area contributed by atoms with Gasteiger partial charge in [0.05, 0.1) is 6.54 Å². The van der Waals surface area contributed by atoms with Crippen molar-refractivity contribution in [3.8, 4) is 0 Å². The molecule has 0 unspecified atom stereocenters. The third kappa shape index (κ3) is 1.85. The summed E-state index contributed by atoms with van der Waals surface area (Å²) in [7, 11) is 0. The molecule has 0 fully saturated rings. The van der Waals surface area contributed by atoms with Crippen LogP contribution in [0.2, 0.25) is 0 Å². The van der Waals surface area contributed by atoms with Gasteiger partial charge in [0.25, 0.3) is 0 Å². The van der Waals surface area contributed by atoms with Crippen LogP contribution in [0.5, 0.6) is 0 Å². The lowest BCUT2D eigenvalue weighted by Crippen LogP contribution is -2.05. The molecular formula is C13H17N3. The average molecular weight is 215 g/mol. The number of aryl methyl sites for hydroxylation is 1. The van der Waals surface area contributed by atoms with E-state index in [9.17, 15) is 0 Å². The second kappa shape index (κ2) is 4.08. The standard InChI is InChI=1S/C13H17N3/c1-9-5-13(6-16-8-14-7-15-16)12(4)11(3)10(9)2/h5,7-8H,6H2,1-4H3. The van der Waals surface area contributed by atoms with E-state index in [1.807, 2.05) is 4.68 Å². The topological polar surface area (TPSA) is 30.7 Å². The summed E-state index contributed by atoms with van der Waals surface area (Å²) in [4.78, 5) is 3.96. The van der Waals surface area contributed by atoms with E-state index in [0.717, 1.165) is 6.54 Å². The molecule has 0 atom stereocenters. The molecule has 16 heavy (non-hydrogen) atoms. The molecule has 3 heteroatoms. The Morgan fingerprint density at radius 3 is 2.44 bits per heavy atom. The summed E-state index contributed by atoms with van der Waals surface area (Å²) in [6, 6.07) is 2.25. The molecule has 0 spiro atoms. The molecule has 0 amide bonds. The Labute approximate surface area is 96.1 Å². The van der Waals surface area contributed by atoms with Crippen LogP contribution in [-0.4, -0.2) is 14.8 Å². The van der Waals surface area contributed by atoms with E-state index < -0.39 is 0 Å². The average Bonchev–Trinajstić information content (AvgIpc) is 2.76. The fraction of sp³-hybridized carbons (Fsp3) is 0.385. The Hall–Kier alpha value is -1.64. The maximum absolute atomic E-state index is 4.14. The van der Waals surface area contributed by atoms with Crippen molar-refractivity contribution in [3.63, 3.8) is 0 Å². The van der Waals surface area contributed by atoms with Gasteiger partial charge in [-0.05, 0) is 55.5 Å². The minimum atomic E-state index is 0.799. The smallest absolute Gasteiger partial charge is 0.137 e. The van der Waals surface area contributed by atoms with Crippen molar-refractivity contribution in [2.24, 2.45) is 0 Å². The number of benzene rings is 1. The van der Waals surface area contributed by atoms with Crippen molar-refractivity contribution < 1.29 is 0 Å². The molecule has 1 aromatic carbocycles. The van der Waals surface area contributed by atoms with Crippen LogP contribution in [0.15, 0.2) is 18.7 Å². The zero-order valence-corrected chi connectivity index (χ0v) is 10.3. The molecule has 1 heterocycles. The van der Waals surface area contributed by atoms with Crippen LogP contribution in [0, 0.1) is 27.7 Å². The fourth-order valence-corrected chi connectivity index (χ4v) is 1.95. The van der Waals surface area contributed by atoms with Gasteiger partial charge < -0.3 is 0 Å². The van der Waals surface area contributed by atoms with Gasteiger partial charge in [0.2, 0.25) is 0 Å². The highest BCUT2D eigenvalue weighted by molar-refractivity contribution is 5.43. The summed E-state index contributed by atoms with van der Waals surface area (Å²) in [6.07, 6.45) is 3.33. The quantitative estimate of drug-likeness (QED) is 0.770. The van der Waals surface area contributed by atoms with Crippen LogP contribution >= 0.6 is 0 Å². The van der Waals surface area contributed by atoms with Crippen LogP contribution in [0.4, 0.5) is 0 Å². The molecule has 84 valence electrons. The Morgan fingerprint density at radius 2 is 1.81 bits per heavy atom. The molecule has 2 aromatic rings. The van der Waals surface area contributed by atoms with Gasteiger partial charge in [-0.1, -0.05) is 6.07 Å². The summed E-state index contributed by atoms with van der Waals surface area (Å²) in [5.41, 5.74) is 6.80. The van der Waals surface area contributed by atoms with Gasteiger partial charge >= 0.3 is 0 Å². The molecule has 3 nitrogen and oxygen atoms in total. The van der Waals surface area contributed by atoms with E-state index in [-0.39, 0.29) is 0 Å². The predicted octanol–water partition coefficient (Wildman–Crippen LogP) is 2.56. The SMILES string of the molecule is Cc1cc(Cn2cncn2)c(C)c(C)c1C. The molecule has 0 bridgehead atoms. The van der Waals surface area contributed by atoms with Gasteiger partial charge in [0.15, 0.2) is 0 Å². The first-order valence-electron chi connectivity index (χ1n) is 5.48. The summed E-state index contributed by atoms with van der Waals surface area (Å²) < 4.78 is 1.86. The minimum absolute atomic E-state index is 0.799. The van der Waals surface area contributed by atoms with E-state index >= 15 is 0 Å². The summed E-state index contributed by atoms with van der Waals surface area (Å²) >= 11 is 0. The lowest BCUT2D eigenvalue weighted by Gasteiger charge is -2.14. The Kier molecular flexibility index (Phi) is 2.77. The third-order valence-electron chi connectivity index (χ3n) is 3.39. The van der Waals surface area contributed by atoms with Gasteiger partial charge in [-0.3, -0.25) is 0 Å². The highest BCUT2D eigenvalue weighted by Gasteiger charge is 2.07. The second-order valence-corrected chi connectivity index (χ2v) is 4.32. The minimum Gasteiger partial charge on any atom is -0.249 e. The van der Waals surface area contributed by atoms with E-state index in [4.69, 9.17) is 0 Å². The van der Waals surface area contributed by atoms with Crippen LogP contribution in [-0.2, 0) is 6.54 Å². The zero-order valence-electron chi connectivity index (χ0n) is 10.3. The highest BCUT2D eigenvalue weighted by atomic mass is 15.3. The monoisotopic (exact) mass is 215 g/mol. The first-order valence-corrected chi connectivity index (χ1v) is 5.48. The maximum atomic E-state index is 4.14. The summed E-state index contributed by atoms with van der Waals surface area (Å²) in [5.74, 6) is 0. The number of nitrogens with zero attached hydrogens (tertiary/aromatic N) is 3. The lowest BCUT2D eigenvalue weighted by atomic mass is 9.95. The number of hydrogen-bond acceptors (Lipinski definition) is 2. The molecule has 0 aliphatic heterocycles. The van der Waals surface area contributed by atoms with Gasteiger partial charge in [-0.25, -0.2) is 9.67 Å². The summed E-state index contributed by atoms with van der Waals surface area (Å²) in [6.45, 7) is 9.49. The first-order chi connectivity index (χ1) is 7.59. The van der Waals surface area contributed by atoms with Gasteiger partial charge in [-0.15, -0.1) is 0 Å². The van der Waals surface area contributed by atoms with Crippen LogP contribution < -0.4 is 0 Å². The summed E-state index contributed by atoms with van der Waals surface area (Å²) in [5, 5.41) is 4.14. The van der Waals surface area contributed by atoms with E-state index in [1.165, 1.54) is 27.8 Å². The number of hydrogen-bond donors (Lipinski definition) is 0. The molecule has 0 saturated heterocycles. The molecule has 2 rings (SSSR count). The zero-order chi connectivity index (χ0) is 11.7. The number of rotatable bonds is 2. The number of aromatic nitrogens is 3. The van der Waals surface area contributed by atoms with Gasteiger partial charge in [-0.2, -0.15) is 5.10 Å². The van der Waals surface area contributed by atoms with Gasteiger partial charge in [0, 0.05) is 0 Å². The predicted molar refractivity (Wildman–Crippen MR) is 64.5 cm³/mol. The Balaban J connectivity index is 2.42. The molecular weight excluding hydrogens is 198 g/mol. The second-order valence-electron chi connectivity index (χ2n) is 4.32. The van der Waals surface area contributed by atoms with Crippen molar-refractivity contribution in [1.82, 2.24) is 14.8 Å². The molecule has 0 aliphatic rings. The Morgan fingerprint density at radius 1 is 1.06 bits per heavy atom. The fourth-order valence-electron chi connectivity index (χ4n) is 1.95. The largest absolute Gasteiger partial charge is 0.249 e. The molecule has 0 radical (unpaired) electrons. The molecule has 0 saturated carbocycles. The van der Waals surface area contributed by atoms with Crippen molar-refractivity contribution in [1.29, 1.82) is 0 Å². The van der Waals surface area contributed by atoms with Crippen molar-refractivity contribution in [3.05, 3.63) is 46.5 Å². The van der Waals surface area contributed by atoms with Crippen molar-refractivity contribution in [2.45, 2.75) is 34.2 Å². The van der Waals surface area contributed by atoms with E-state index in [1.54, 1.807) is 12.7 Å². The molecule has 0 N–H and O–H groups in total. The van der Waals surface area contributed by atoms with Crippen LogP contribution in [0.1, 0.15) is 27.8 Å². The molecule has 1 aromatic heterocycles. The van der Waals surface area contributed by atoms with Crippen molar-refractivity contribution >= 4 is 0 Å². The first kappa shape index (κ1) is 10.9. The maximum Gasteiger partial charge on any atom is 0.137 e.